The lowest BCUT2D eigenvalue weighted by atomic mass is 9.85. The number of anilines is 1. The van der Waals surface area contributed by atoms with Crippen molar-refractivity contribution < 1.29 is 5.11 Å². The molecule has 0 aromatic carbocycles. The molecule has 0 bridgehead atoms. The van der Waals surface area contributed by atoms with Crippen molar-refractivity contribution in [2.75, 3.05) is 5.73 Å². The van der Waals surface area contributed by atoms with Gasteiger partial charge >= 0.3 is 0 Å². The molecular formula is C16H26N2O. The van der Waals surface area contributed by atoms with Gasteiger partial charge in [-0.25, -0.2) is 4.98 Å². The molecule has 3 N–H and O–H groups in total. The van der Waals surface area contributed by atoms with Crippen LogP contribution in [0, 0.1) is 11.8 Å². The number of aromatic nitrogens is 1. The highest BCUT2D eigenvalue weighted by atomic mass is 16.3. The predicted molar refractivity (Wildman–Crippen MR) is 78.7 cm³/mol. The van der Waals surface area contributed by atoms with Crippen molar-refractivity contribution >= 4 is 5.82 Å². The van der Waals surface area contributed by atoms with Gasteiger partial charge in [-0.3, -0.25) is 0 Å². The molecule has 0 aliphatic heterocycles. The maximum absolute atomic E-state index is 10.8. The monoisotopic (exact) mass is 262 g/mol. The Morgan fingerprint density at radius 2 is 2.21 bits per heavy atom. The Morgan fingerprint density at radius 1 is 1.42 bits per heavy atom. The van der Waals surface area contributed by atoms with E-state index in [4.69, 9.17) is 5.73 Å². The average Bonchev–Trinajstić information content (AvgIpc) is 2.51. The van der Waals surface area contributed by atoms with E-state index in [1.165, 1.54) is 6.42 Å². The summed E-state index contributed by atoms with van der Waals surface area (Å²) in [6, 6.07) is 3.84. The second-order valence-corrected chi connectivity index (χ2v) is 6.43. The summed E-state index contributed by atoms with van der Waals surface area (Å²) in [4.78, 5) is 4.01. The minimum absolute atomic E-state index is 0.537. The zero-order valence-electron chi connectivity index (χ0n) is 12.1. The van der Waals surface area contributed by atoms with Crippen LogP contribution in [-0.4, -0.2) is 15.7 Å². The first-order valence-electron chi connectivity index (χ1n) is 7.41. The number of nitrogens with two attached hydrogens (primary N) is 1. The van der Waals surface area contributed by atoms with Crippen LogP contribution in [0.2, 0.25) is 0 Å². The Labute approximate surface area is 116 Å². The Balaban J connectivity index is 2.02. The van der Waals surface area contributed by atoms with Crippen LogP contribution >= 0.6 is 0 Å². The number of nitrogen functional groups attached to an aromatic ring is 1. The lowest BCUT2D eigenvalue weighted by Crippen LogP contribution is -2.30. The SMILES string of the molecule is CC(C)C1CCCC(O)(Cc2ccnc(N)c2)CC1. The molecular weight excluding hydrogens is 236 g/mol. The molecule has 1 aromatic heterocycles. The van der Waals surface area contributed by atoms with Gasteiger partial charge in [-0.1, -0.05) is 26.7 Å². The molecule has 1 aliphatic carbocycles. The first kappa shape index (κ1) is 14.3. The van der Waals surface area contributed by atoms with Crippen LogP contribution in [0.1, 0.15) is 51.5 Å². The maximum atomic E-state index is 10.8. The molecule has 0 amide bonds. The lowest BCUT2D eigenvalue weighted by Gasteiger charge is -2.27. The van der Waals surface area contributed by atoms with Gasteiger partial charge in [0, 0.05) is 12.6 Å². The maximum Gasteiger partial charge on any atom is 0.123 e. The van der Waals surface area contributed by atoms with Crippen molar-refractivity contribution in [3.05, 3.63) is 23.9 Å². The van der Waals surface area contributed by atoms with E-state index in [0.29, 0.717) is 12.2 Å². The van der Waals surface area contributed by atoms with Crippen molar-refractivity contribution in [1.29, 1.82) is 0 Å². The standard InChI is InChI=1S/C16H26N2O/c1-12(2)14-4-3-7-16(19,8-5-14)11-13-6-9-18-15(17)10-13/h6,9-10,12,14,19H,3-5,7-8,11H2,1-2H3,(H2,17,18). The van der Waals surface area contributed by atoms with Gasteiger partial charge in [0.1, 0.15) is 5.82 Å². The van der Waals surface area contributed by atoms with E-state index in [0.717, 1.165) is 43.1 Å². The first-order valence-corrected chi connectivity index (χ1v) is 7.41. The molecule has 2 atom stereocenters. The van der Waals surface area contributed by atoms with E-state index >= 15 is 0 Å². The molecule has 3 nitrogen and oxygen atoms in total. The van der Waals surface area contributed by atoms with E-state index in [2.05, 4.69) is 18.8 Å². The average molecular weight is 262 g/mol. The zero-order chi connectivity index (χ0) is 13.9. The third kappa shape index (κ3) is 3.93. The molecule has 0 radical (unpaired) electrons. The summed E-state index contributed by atoms with van der Waals surface area (Å²) < 4.78 is 0. The van der Waals surface area contributed by atoms with Gasteiger partial charge in [0.25, 0.3) is 0 Å². The van der Waals surface area contributed by atoms with Crippen LogP contribution < -0.4 is 5.73 Å². The quantitative estimate of drug-likeness (QED) is 0.823. The highest BCUT2D eigenvalue weighted by molar-refractivity contribution is 5.32. The molecule has 3 heteroatoms. The van der Waals surface area contributed by atoms with Gasteiger partial charge < -0.3 is 10.8 Å². The van der Waals surface area contributed by atoms with Crippen LogP contribution in [0.25, 0.3) is 0 Å². The lowest BCUT2D eigenvalue weighted by molar-refractivity contribution is 0.0237. The van der Waals surface area contributed by atoms with Gasteiger partial charge in [0.2, 0.25) is 0 Å². The number of aliphatic hydroxyl groups is 1. The zero-order valence-corrected chi connectivity index (χ0v) is 12.1. The number of hydrogen-bond acceptors (Lipinski definition) is 3. The minimum Gasteiger partial charge on any atom is -0.390 e. The van der Waals surface area contributed by atoms with Gasteiger partial charge in [0.15, 0.2) is 0 Å². The van der Waals surface area contributed by atoms with E-state index < -0.39 is 5.60 Å². The summed E-state index contributed by atoms with van der Waals surface area (Å²) in [5.41, 5.74) is 6.24. The molecule has 1 aromatic rings. The normalized spacial score (nSPS) is 28.3. The van der Waals surface area contributed by atoms with Crippen LogP contribution in [0.3, 0.4) is 0 Å². The van der Waals surface area contributed by atoms with Crippen molar-refractivity contribution in [1.82, 2.24) is 4.98 Å². The van der Waals surface area contributed by atoms with E-state index in [9.17, 15) is 5.11 Å². The molecule has 19 heavy (non-hydrogen) atoms. The van der Waals surface area contributed by atoms with Gasteiger partial charge in [-0.2, -0.15) is 0 Å². The molecule has 1 saturated carbocycles. The number of hydrogen-bond donors (Lipinski definition) is 2. The number of rotatable bonds is 3. The van der Waals surface area contributed by atoms with Crippen LogP contribution in [-0.2, 0) is 6.42 Å². The summed E-state index contributed by atoms with van der Waals surface area (Å²) in [6.07, 6.45) is 7.73. The fourth-order valence-corrected chi connectivity index (χ4v) is 3.24. The Kier molecular flexibility index (Phi) is 4.46. The molecule has 2 rings (SSSR count). The summed E-state index contributed by atoms with van der Waals surface area (Å²) >= 11 is 0. The fourth-order valence-electron chi connectivity index (χ4n) is 3.24. The van der Waals surface area contributed by atoms with Gasteiger partial charge in [-0.15, -0.1) is 0 Å². The predicted octanol–water partition coefficient (Wildman–Crippen LogP) is 3.17. The summed E-state index contributed by atoms with van der Waals surface area (Å²) in [6.45, 7) is 4.58. The molecule has 106 valence electrons. The minimum atomic E-state index is -0.558. The second-order valence-electron chi connectivity index (χ2n) is 6.43. The molecule has 1 aliphatic rings. The van der Waals surface area contributed by atoms with Crippen molar-refractivity contribution in [3.8, 4) is 0 Å². The second kappa shape index (κ2) is 5.91. The molecule has 0 spiro atoms. The highest BCUT2D eigenvalue weighted by Gasteiger charge is 2.31. The number of pyridine rings is 1. The topological polar surface area (TPSA) is 59.1 Å². The first-order chi connectivity index (χ1) is 8.98. The summed E-state index contributed by atoms with van der Waals surface area (Å²) in [5, 5.41) is 10.8. The fraction of sp³-hybridized carbons (Fsp3) is 0.688. The van der Waals surface area contributed by atoms with Crippen LogP contribution in [0.4, 0.5) is 5.82 Å². The van der Waals surface area contributed by atoms with Gasteiger partial charge in [0.05, 0.1) is 5.60 Å². The third-order valence-electron chi connectivity index (χ3n) is 4.52. The number of nitrogens with zero attached hydrogens (tertiary/aromatic N) is 1. The molecule has 1 fully saturated rings. The smallest absolute Gasteiger partial charge is 0.123 e. The van der Waals surface area contributed by atoms with Crippen molar-refractivity contribution in [3.63, 3.8) is 0 Å². The third-order valence-corrected chi connectivity index (χ3v) is 4.52. The molecule has 2 unspecified atom stereocenters. The van der Waals surface area contributed by atoms with E-state index in [1.807, 2.05) is 12.1 Å². The highest BCUT2D eigenvalue weighted by Crippen LogP contribution is 2.35. The van der Waals surface area contributed by atoms with E-state index in [-0.39, 0.29) is 0 Å². The Hall–Kier alpha value is -1.09. The van der Waals surface area contributed by atoms with E-state index in [1.54, 1.807) is 6.20 Å². The summed E-state index contributed by atoms with van der Waals surface area (Å²) in [7, 11) is 0. The Bertz CT molecular complexity index is 419. The largest absolute Gasteiger partial charge is 0.390 e. The molecule has 1 heterocycles. The van der Waals surface area contributed by atoms with Crippen LogP contribution in [0.15, 0.2) is 18.3 Å². The summed E-state index contributed by atoms with van der Waals surface area (Å²) in [5.74, 6) is 2.02. The molecule has 0 saturated heterocycles. The van der Waals surface area contributed by atoms with Crippen LogP contribution in [0.5, 0.6) is 0 Å². The van der Waals surface area contributed by atoms with Gasteiger partial charge in [-0.05, 0) is 48.8 Å². The van der Waals surface area contributed by atoms with Crippen molar-refractivity contribution in [2.45, 2.75) is 58.0 Å². The Morgan fingerprint density at radius 3 is 2.89 bits per heavy atom. The van der Waals surface area contributed by atoms with Crippen molar-refractivity contribution in [2.24, 2.45) is 11.8 Å².